The number of nitrogens with zero attached hydrogens (tertiary/aromatic N) is 5. The topological polar surface area (TPSA) is 94.9 Å². The summed E-state index contributed by atoms with van der Waals surface area (Å²) in [7, 11) is 2.09. The molecule has 1 aliphatic heterocycles. The van der Waals surface area contributed by atoms with Crippen LogP contribution in [0.1, 0.15) is 53.5 Å². The SMILES string of the molecule is CN1CCCN(C(=O)c2ccc(Nc3nc(-c4cccc(NC(=O)c5ccc(C(C)(C)C)cc5)c4)cn4ccnc34)cc2)CC1. The molecule has 2 N–H and O–H groups in total. The first-order chi connectivity index (χ1) is 21.6. The van der Waals surface area contributed by atoms with Gasteiger partial charge in [0.1, 0.15) is 0 Å². The number of likely N-dealkylation sites (N-methyl/N-ethyl adjacent to an activating group) is 1. The van der Waals surface area contributed by atoms with Crippen molar-refractivity contribution in [2.24, 2.45) is 0 Å². The maximum Gasteiger partial charge on any atom is 0.255 e. The van der Waals surface area contributed by atoms with Gasteiger partial charge in [-0.1, -0.05) is 45.0 Å². The summed E-state index contributed by atoms with van der Waals surface area (Å²) in [5, 5.41) is 6.41. The Hall–Kier alpha value is -5.02. The Balaban J connectivity index is 1.19. The minimum absolute atomic E-state index is 0.0208. The highest BCUT2D eigenvalue weighted by Gasteiger charge is 2.19. The Labute approximate surface area is 263 Å². The van der Waals surface area contributed by atoms with Gasteiger partial charge in [-0.25, -0.2) is 9.97 Å². The first-order valence-corrected chi connectivity index (χ1v) is 15.3. The summed E-state index contributed by atoms with van der Waals surface area (Å²) in [6, 6.07) is 22.9. The Morgan fingerprint density at radius 1 is 0.844 bits per heavy atom. The predicted octanol–water partition coefficient (Wildman–Crippen LogP) is 6.47. The van der Waals surface area contributed by atoms with Crippen LogP contribution in [0.25, 0.3) is 16.9 Å². The minimum Gasteiger partial charge on any atom is -0.337 e. The fourth-order valence-corrected chi connectivity index (χ4v) is 5.50. The quantitative estimate of drug-likeness (QED) is 0.232. The summed E-state index contributed by atoms with van der Waals surface area (Å²) in [6.45, 7) is 9.85. The first-order valence-electron chi connectivity index (χ1n) is 15.3. The van der Waals surface area contributed by atoms with Crippen molar-refractivity contribution in [3.63, 3.8) is 0 Å². The van der Waals surface area contributed by atoms with Crippen LogP contribution >= 0.6 is 0 Å². The van der Waals surface area contributed by atoms with Crippen molar-refractivity contribution >= 4 is 34.7 Å². The maximum atomic E-state index is 13.1. The van der Waals surface area contributed by atoms with E-state index in [9.17, 15) is 9.59 Å². The second-order valence-corrected chi connectivity index (χ2v) is 12.6. The van der Waals surface area contributed by atoms with E-state index in [0.717, 1.165) is 43.9 Å². The van der Waals surface area contributed by atoms with Gasteiger partial charge in [0.2, 0.25) is 0 Å². The van der Waals surface area contributed by atoms with Gasteiger partial charge in [0.05, 0.1) is 5.69 Å². The van der Waals surface area contributed by atoms with Crippen molar-refractivity contribution in [3.05, 3.63) is 108 Å². The molecular weight excluding hydrogens is 562 g/mol. The molecule has 1 saturated heterocycles. The van der Waals surface area contributed by atoms with Crippen LogP contribution < -0.4 is 10.6 Å². The Morgan fingerprint density at radius 3 is 2.36 bits per heavy atom. The molecule has 0 radical (unpaired) electrons. The van der Waals surface area contributed by atoms with Crippen molar-refractivity contribution < 1.29 is 9.59 Å². The molecule has 2 aromatic heterocycles. The molecule has 0 unspecified atom stereocenters. The summed E-state index contributed by atoms with van der Waals surface area (Å²) in [5.41, 5.74) is 6.18. The fraction of sp³-hybridized carbons (Fsp3) is 0.278. The number of imidazole rings is 1. The number of fused-ring (bicyclic) bond motifs is 1. The summed E-state index contributed by atoms with van der Waals surface area (Å²) in [5.74, 6) is 0.472. The van der Waals surface area contributed by atoms with Crippen molar-refractivity contribution in [1.82, 2.24) is 24.2 Å². The number of nitrogens with one attached hydrogen (secondary N) is 2. The van der Waals surface area contributed by atoms with Gasteiger partial charge in [-0.2, -0.15) is 0 Å². The van der Waals surface area contributed by atoms with Gasteiger partial charge in [0.25, 0.3) is 11.8 Å². The monoisotopic (exact) mass is 601 g/mol. The number of carbonyl (C=O) groups is 2. The fourth-order valence-electron chi connectivity index (χ4n) is 5.50. The maximum absolute atomic E-state index is 13.1. The standard InChI is InChI=1S/C36H39N7O2/c1-36(2,3)28-13-9-25(10-14-28)34(44)39-30-8-5-7-27(23-30)31-24-43-20-17-37-33(43)32(40-31)38-29-15-11-26(12-16-29)35(45)42-19-6-18-41(4)21-22-42/h5,7-17,20,23-24H,6,18-19,21-22H2,1-4H3,(H,38,40)(H,39,44). The first kappa shape index (κ1) is 30.0. The van der Waals surface area contributed by atoms with Crippen LogP contribution in [0.15, 0.2) is 91.4 Å². The summed E-state index contributed by atoms with van der Waals surface area (Å²) in [6.07, 6.45) is 6.50. The molecule has 9 nitrogen and oxygen atoms in total. The third-order valence-electron chi connectivity index (χ3n) is 8.20. The number of rotatable bonds is 6. The third kappa shape index (κ3) is 6.89. The Bertz CT molecular complexity index is 1820. The van der Waals surface area contributed by atoms with Crippen molar-refractivity contribution in [3.8, 4) is 11.3 Å². The smallest absolute Gasteiger partial charge is 0.255 e. The van der Waals surface area contributed by atoms with Crippen molar-refractivity contribution in [2.75, 3.05) is 43.9 Å². The molecule has 6 rings (SSSR count). The van der Waals surface area contributed by atoms with Crippen molar-refractivity contribution in [2.45, 2.75) is 32.6 Å². The zero-order chi connectivity index (χ0) is 31.6. The van der Waals surface area contributed by atoms with E-state index in [0.29, 0.717) is 34.0 Å². The van der Waals surface area contributed by atoms with E-state index in [1.54, 1.807) is 6.20 Å². The normalized spacial score (nSPS) is 14.3. The molecule has 0 saturated carbocycles. The molecule has 1 fully saturated rings. The van der Waals surface area contributed by atoms with Crippen LogP contribution in [-0.4, -0.2) is 69.2 Å². The lowest BCUT2D eigenvalue weighted by molar-refractivity contribution is 0.0762. The predicted molar refractivity (Wildman–Crippen MR) is 179 cm³/mol. The second-order valence-electron chi connectivity index (χ2n) is 12.6. The number of benzene rings is 3. The van der Waals surface area contributed by atoms with Gasteiger partial charge in [0, 0.05) is 66.3 Å². The number of hydrogen-bond acceptors (Lipinski definition) is 6. The van der Waals surface area contributed by atoms with E-state index >= 15 is 0 Å². The minimum atomic E-state index is -0.168. The molecule has 9 heteroatoms. The van der Waals surface area contributed by atoms with E-state index in [-0.39, 0.29) is 17.2 Å². The highest BCUT2D eigenvalue weighted by molar-refractivity contribution is 6.04. The number of amides is 2. The second kappa shape index (κ2) is 12.5. The number of anilines is 3. The average Bonchev–Trinajstić information content (AvgIpc) is 3.41. The summed E-state index contributed by atoms with van der Waals surface area (Å²) in [4.78, 5) is 39.8. The molecule has 0 spiro atoms. The van der Waals surface area contributed by atoms with Crippen molar-refractivity contribution in [1.29, 1.82) is 0 Å². The van der Waals surface area contributed by atoms with Gasteiger partial charge in [0.15, 0.2) is 11.5 Å². The highest BCUT2D eigenvalue weighted by Crippen LogP contribution is 2.27. The lowest BCUT2D eigenvalue weighted by Crippen LogP contribution is -2.34. The zero-order valence-electron chi connectivity index (χ0n) is 26.2. The third-order valence-corrected chi connectivity index (χ3v) is 8.20. The number of aromatic nitrogens is 3. The summed E-state index contributed by atoms with van der Waals surface area (Å²) < 4.78 is 1.92. The van der Waals surface area contributed by atoms with E-state index in [4.69, 9.17) is 4.98 Å². The van der Waals surface area contributed by atoms with Gasteiger partial charge < -0.3 is 24.8 Å². The molecule has 5 aromatic rings. The van der Waals surface area contributed by atoms with Crippen LogP contribution in [0, 0.1) is 0 Å². The highest BCUT2D eigenvalue weighted by atomic mass is 16.2. The molecular formula is C36H39N7O2. The molecule has 3 aromatic carbocycles. The molecule has 45 heavy (non-hydrogen) atoms. The van der Waals surface area contributed by atoms with Gasteiger partial charge in [-0.3, -0.25) is 9.59 Å². The molecule has 0 aliphatic carbocycles. The van der Waals surface area contributed by atoms with Crippen LogP contribution in [0.5, 0.6) is 0 Å². The van der Waals surface area contributed by atoms with Crippen LogP contribution in [0.2, 0.25) is 0 Å². The van der Waals surface area contributed by atoms with E-state index in [1.807, 2.05) is 94.5 Å². The molecule has 3 heterocycles. The van der Waals surface area contributed by atoms with Crippen LogP contribution in [0.3, 0.4) is 0 Å². The Kier molecular flexibility index (Phi) is 8.36. The largest absolute Gasteiger partial charge is 0.337 e. The number of hydrogen-bond donors (Lipinski definition) is 2. The lowest BCUT2D eigenvalue weighted by atomic mass is 9.87. The summed E-state index contributed by atoms with van der Waals surface area (Å²) >= 11 is 0. The zero-order valence-corrected chi connectivity index (χ0v) is 26.2. The van der Waals surface area contributed by atoms with Crippen LogP contribution in [0.4, 0.5) is 17.2 Å². The van der Waals surface area contributed by atoms with Gasteiger partial charge in [-0.05, 0) is 79.5 Å². The molecule has 0 atom stereocenters. The van der Waals surface area contributed by atoms with E-state index in [2.05, 4.69) is 48.3 Å². The molecule has 2 amide bonds. The van der Waals surface area contributed by atoms with Gasteiger partial charge in [-0.15, -0.1) is 0 Å². The van der Waals surface area contributed by atoms with Crippen LogP contribution in [-0.2, 0) is 5.41 Å². The number of carbonyl (C=O) groups excluding carboxylic acids is 2. The molecule has 1 aliphatic rings. The molecule has 230 valence electrons. The average molecular weight is 602 g/mol. The lowest BCUT2D eigenvalue weighted by Gasteiger charge is -2.20. The Morgan fingerprint density at radius 2 is 1.60 bits per heavy atom. The van der Waals surface area contributed by atoms with E-state index < -0.39 is 0 Å². The van der Waals surface area contributed by atoms with Gasteiger partial charge >= 0.3 is 0 Å². The van der Waals surface area contributed by atoms with E-state index in [1.165, 1.54) is 5.56 Å². The molecule has 0 bridgehead atoms.